The average molecular weight is 382 g/mol. The molecule has 2 fully saturated rings. The number of halogens is 1. The van der Waals surface area contributed by atoms with E-state index in [0.717, 1.165) is 22.0 Å². The van der Waals surface area contributed by atoms with Crippen LogP contribution in [0.15, 0.2) is 48.7 Å². The molecule has 27 heavy (non-hydrogen) atoms. The highest BCUT2D eigenvalue weighted by Crippen LogP contribution is 2.50. The molecule has 1 unspecified atom stereocenters. The molecule has 1 aliphatic heterocycles. The molecule has 0 spiro atoms. The topological polar surface area (TPSA) is 69.2 Å². The zero-order valence-electron chi connectivity index (χ0n) is 14.7. The lowest BCUT2D eigenvalue weighted by Crippen LogP contribution is -2.32. The maximum absolute atomic E-state index is 12.7. The molecule has 1 amide bonds. The number of H-pyrrole nitrogens is 1. The fraction of sp³-hybridized carbons (Fsp3) is 0.333. The third-order valence-corrected chi connectivity index (χ3v) is 6.32. The summed E-state index contributed by atoms with van der Waals surface area (Å²) in [5.74, 6) is 0.659. The Labute approximate surface area is 161 Å². The van der Waals surface area contributed by atoms with Gasteiger partial charge in [-0.3, -0.25) is 9.89 Å². The number of benzene rings is 2. The Morgan fingerprint density at radius 3 is 2.59 bits per heavy atom. The number of rotatable bonds is 2. The van der Waals surface area contributed by atoms with Crippen LogP contribution in [0.2, 0.25) is 5.02 Å². The summed E-state index contributed by atoms with van der Waals surface area (Å²) in [6.07, 6.45) is 2.99. The van der Waals surface area contributed by atoms with Crippen LogP contribution in [0.3, 0.4) is 0 Å². The van der Waals surface area contributed by atoms with Crippen LogP contribution in [0, 0.1) is 11.8 Å². The van der Waals surface area contributed by atoms with Gasteiger partial charge in [0.05, 0.1) is 17.3 Å². The molecule has 1 aromatic heterocycles. The van der Waals surface area contributed by atoms with E-state index in [1.807, 2.05) is 47.4 Å². The quantitative estimate of drug-likeness (QED) is 0.712. The van der Waals surface area contributed by atoms with Gasteiger partial charge < -0.3 is 10.0 Å². The zero-order valence-corrected chi connectivity index (χ0v) is 15.5. The molecule has 2 aliphatic rings. The van der Waals surface area contributed by atoms with Crippen LogP contribution >= 0.6 is 11.6 Å². The molecule has 0 radical (unpaired) electrons. The molecule has 5 nitrogen and oxygen atoms in total. The molecular formula is C21H20ClN3O2. The molecule has 1 saturated carbocycles. The highest BCUT2D eigenvalue weighted by atomic mass is 35.5. The van der Waals surface area contributed by atoms with E-state index in [1.54, 1.807) is 6.20 Å². The number of aromatic nitrogens is 2. The Balaban J connectivity index is 1.39. The lowest BCUT2D eigenvalue weighted by molar-refractivity contribution is 0.0317. The summed E-state index contributed by atoms with van der Waals surface area (Å²) in [7, 11) is 0. The number of amides is 1. The SMILES string of the molecule is O=C(c1ccccc1)N1C[C@@H]2CC(O)(c3cc(Cl)cc4cn[nH]c34)C[C@@H]2C1. The first-order chi connectivity index (χ1) is 13.0. The second-order valence-corrected chi connectivity index (χ2v) is 8.26. The van der Waals surface area contributed by atoms with Crippen molar-refractivity contribution in [2.75, 3.05) is 13.1 Å². The number of carbonyl (C=O) groups excluding carboxylic acids is 1. The van der Waals surface area contributed by atoms with Gasteiger partial charge in [-0.1, -0.05) is 29.8 Å². The second kappa shape index (κ2) is 6.08. The molecule has 5 rings (SSSR count). The zero-order chi connectivity index (χ0) is 18.6. The largest absolute Gasteiger partial charge is 0.385 e. The van der Waals surface area contributed by atoms with Gasteiger partial charge in [0.15, 0.2) is 0 Å². The third-order valence-electron chi connectivity index (χ3n) is 6.10. The predicted octanol–water partition coefficient (Wildman–Crippen LogP) is 3.59. The molecule has 2 heterocycles. The average Bonchev–Trinajstić information content (AvgIpc) is 3.34. The lowest BCUT2D eigenvalue weighted by atomic mass is 9.89. The van der Waals surface area contributed by atoms with E-state index < -0.39 is 5.60 Å². The minimum Gasteiger partial charge on any atom is -0.385 e. The summed E-state index contributed by atoms with van der Waals surface area (Å²) in [6, 6.07) is 13.1. The normalized spacial score (nSPS) is 27.3. The van der Waals surface area contributed by atoms with Crippen LogP contribution in [0.25, 0.3) is 10.9 Å². The van der Waals surface area contributed by atoms with E-state index in [2.05, 4.69) is 10.2 Å². The summed E-state index contributed by atoms with van der Waals surface area (Å²) < 4.78 is 0. The van der Waals surface area contributed by atoms with Crippen LogP contribution < -0.4 is 0 Å². The highest BCUT2D eigenvalue weighted by molar-refractivity contribution is 6.31. The Bertz CT molecular complexity index is 1000. The second-order valence-electron chi connectivity index (χ2n) is 7.82. The van der Waals surface area contributed by atoms with Crippen LogP contribution in [-0.4, -0.2) is 39.2 Å². The van der Waals surface area contributed by atoms with E-state index in [1.165, 1.54) is 0 Å². The number of carbonyl (C=O) groups is 1. The number of aromatic amines is 1. The van der Waals surface area contributed by atoms with Gasteiger partial charge in [-0.2, -0.15) is 5.10 Å². The van der Waals surface area contributed by atoms with Crippen LogP contribution in [0.1, 0.15) is 28.8 Å². The molecule has 2 aromatic carbocycles. The van der Waals surface area contributed by atoms with Gasteiger partial charge in [0, 0.05) is 34.6 Å². The summed E-state index contributed by atoms with van der Waals surface area (Å²) >= 11 is 6.27. The van der Waals surface area contributed by atoms with Crippen molar-refractivity contribution in [2.24, 2.45) is 11.8 Å². The molecule has 6 heteroatoms. The Kier molecular flexibility index (Phi) is 3.78. The van der Waals surface area contributed by atoms with Crippen molar-refractivity contribution in [2.45, 2.75) is 18.4 Å². The van der Waals surface area contributed by atoms with Crippen molar-refractivity contribution in [3.63, 3.8) is 0 Å². The van der Waals surface area contributed by atoms with Crippen molar-refractivity contribution in [1.29, 1.82) is 0 Å². The van der Waals surface area contributed by atoms with Gasteiger partial charge >= 0.3 is 0 Å². The summed E-state index contributed by atoms with van der Waals surface area (Å²) in [5, 5.41) is 20.0. The van der Waals surface area contributed by atoms with Crippen LogP contribution in [-0.2, 0) is 5.60 Å². The highest BCUT2D eigenvalue weighted by Gasteiger charge is 2.50. The number of hydrogen-bond acceptors (Lipinski definition) is 3. The van der Waals surface area contributed by atoms with Crippen LogP contribution in [0.4, 0.5) is 0 Å². The maximum Gasteiger partial charge on any atom is 0.253 e. The number of likely N-dealkylation sites (tertiary alicyclic amines) is 1. The monoisotopic (exact) mass is 381 g/mol. The van der Waals surface area contributed by atoms with Crippen molar-refractivity contribution in [3.8, 4) is 0 Å². The van der Waals surface area contributed by atoms with E-state index in [4.69, 9.17) is 11.6 Å². The molecule has 0 bridgehead atoms. The van der Waals surface area contributed by atoms with Crippen molar-refractivity contribution in [1.82, 2.24) is 15.1 Å². The maximum atomic E-state index is 12.7. The molecule has 1 aliphatic carbocycles. The van der Waals surface area contributed by atoms with Crippen molar-refractivity contribution < 1.29 is 9.90 Å². The fourth-order valence-electron chi connectivity index (χ4n) is 4.89. The van der Waals surface area contributed by atoms with Gasteiger partial charge in [0.1, 0.15) is 0 Å². The van der Waals surface area contributed by atoms with Gasteiger partial charge in [-0.25, -0.2) is 0 Å². The number of aliphatic hydroxyl groups is 1. The first-order valence-electron chi connectivity index (χ1n) is 9.23. The summed E-state index contributed by atoms with van der Waals surface area (Å²) in [4.78, 5) is 14.7. The lowest BCUT2D eigenvalue weighted by Gasteiger charge is -2.27. The van der Waals surface area contributed by atoms with Gasteiger partial charge in [-0.05, 0) is 48.9 Å². The van der Waals surface area contributed by atoms with E-state index in [0.29, 0.717) is 42.8 Å². The van der Waals surface area contributed by atoms with Gasteiger partial charge in [-0.15, -0.1) is 0 Å². The Morgan fingerprint density at radius 2 is 1.89 bits per heavy atom. The van der Waals surface area contributed by atoms with E-state index in [-0.39, 0.29) is 5.91 Å². The van der Waals surface area contributed by atoms with Crippen LogP contribution in [0.5, 0.6) is 0 Å². The molecule has 3 atom stereocenters. The Hall–Kier alpha value is -2.37. The summed E-state index contributed by atoms with van der Waals surface area (Å²) in [5.41, 5.74) is 1.45. The Morgan fingerprint density at radius 1 is 1.19 bits per heavy atom. The molecule has 2 N–H and O–H groups in total. The molecule has 3 aromatic rings. The first-order valence-corrected chi connectivity index (χ1v) is 9.61. The number of fused-ring (bicyclic) bond motifs is 2. The van der Waals surface area contributed by atoms with E-state index in [9.17, 15) is 9.90 Å². The number of nitrogens with zero attached hydrogens (tertiary/aromatic N) is 2. The third kappa shape index (κ3) is 2.73. The van der Waals surface area contributed by atoms with Gasteiger partial charge in [0.25, 0.3) is 5.91 Å². The fourth-order valence-corrected chi connectivity index (χ4v) is 5.12. The molecular weight excluding hydrogens is 362 g/mol. The number of nitrogens with one attached hydrogen (secondary N) is 1. The first kappa shape index (κ1) is 16.8. The predicted molar refractivity (Wildman–Crippen MR) is 104 cm³/mol. The van der Waals surface area contributed by atoms with Crippen molar-refractivity contribution >= 4 is 28.4 Å². The minimum absolute atomic E-state index is 0.0762. The summed E-state index contributed by atoms with van der Waals surface area (Å²) in [6.45, 7) is 1.38. The van der Waals surface area contributed by atoms with Gasteiger partial charge in [0.2, 0.25) is 0 Å². The molecule has 1 saturated heterocycles. The smallest absolute Gasteiger partial charge is 0.253 e. The number of hydrogen-bond donors (Lipinski definition) is 2. The van der Waals surface area contributed by atoms with E-state index >= 15 is 0 Å². The molecule has 138 valence electrons. The standard InChI is InChI=1S/C21H20ClN3O2/c22-17-6-14-10-23-24-19(14)18(7-17)21(27)8-15-11-25(12-16(15)9-21)20(26)13-4-2-1-3-5-13/h1-7,10,15-16,27H,8-9,11-12H2,(H,23,24)/t15-,16+,21?. The van der Waals surface area contributed by atoms with Crippen molar-refractivity contribution in [3.05, 3.63) is 64.8 Å². The minimum atomic E-state index is -0.938.